The van der Waals surface area contributed by atoms with Crippen molar-refractivity contribution in [3.05, 3.63) is 149 Å². The van der Waals surface area contributed by atoms with E-state index in [0.717, 1.165) is 16.5 Å². The molecule has 4 aromatic rings. The second kappa shape index (κ2) is 15.3. The van der Waals surface area contributed by atoms with Gasteiger partial charge in [-0.2, -0.15) is 0 Å². The van der Waals surface area contributed by atoms with E-state index in [1.807, 2.05) is 12.1 Å². The predicted molar refractivity (Wildman–Crippen MR) is 207 cm³/mol. The third kappa shape index (κ3) is 8.09. The van der Waals surface area contributed by atoms with Gasteiger partial charge in [0, 0.05) is 0 Å². The van der Waals surface area contributed by atoms with E-state index in [2.05, 4.69) is 154 Å². The molecule has 0 aliphatic heterocycles. The van der Waals surface area contributed by atoms with Crippen LogP contribution in [-0.2, 0) is 32.1 Å². The van der Waals surface area contributed by atoms with Gasteiger partial charge in [-0.25, -0.2) is 0 Å². The van der Waals surface area contributed by atoms with Crippen molar-refractivity contribution in [1.82, 2.24) is 0 Å². The van der Waals surface area contributed by atoms with E-state index >= 15 is 0 Å². The van der Waals surface area contributed by atoms with Gasteiger partial charge in [-0.05, 0) is 0 Å². The molecule has 1 unspecified atom stereocenters. The fraction of sp³-hybridized carbons (Fsp3) is 0.356. The molecule has 50 heavy (non-hydrogen) atoms. The van der Waals surface area contributed by atoms with E-state index in [9.17, 15) is 0 Å². The van der Waals surface area contributed by atoms with E-state index < -0.39 is 21.3 Å². The zero-order valence-electron chi connectivity index (χ0n) is 31.1. The molecule has 0 amide bonds. The molecule has 0 saturated heterocycles. The van der Waals surface area contributed by atoms with Crippen molar-refractivity contribution in [3.8, 4) is 11.1 Å². The molecule has 0 nitrogen and oxygen atoms in total. The van der Waals surface area contributed by atoms with Crippen LogP contribution in [0.1, 0.15) is 113 Å². The Balaban J connectivity index is 0.00000281. The van der Waals surface area contributed by atoms with Crippen LogP contribution in [0.5, 0.6) is 0 Å². The third-order valence-corrected chi connectivity index (χ3v) is 19.2. The standard InChI is InChI=1S/C21H25.C13H8Cl2.C11H17.2ClH.Zr/c1-20(2,3)16-7-9-18-14(12-16)11-15-13-17(21(4,5)6)8-10-19(15)18;14-12-5-1-3-10(8-12)7-11-4-2-6-13(15)9-11;1-5-9-6-7-10(8-9)11(2,3)4;;;/h7-13H,1-6H3;1-6,8-9H;7-9H,5H2,1-4H3;2*1H;/q;;;;;+2/p-2. The number of benzene rings is 4. The van der Waals surface area contributed by atoms with Crippen molar-refractivity contribution < 1.29 is 46.1 Å². The van der Waals surface area contributed by atoms with Crippen LogP contribution in [-0.4, -0.2) is 3.21 Å². The van der Waals surface area contributed by atoms with Gasteiger partial charge >= 0.3 is 310 Å². The van der Waals surface area contributed by atoms with Gasteiger partial charge in [0.2, 0.25) is 0 Å². The van der Waals surface area contributed by atoms with Crippen LogP contribution in [0.2, 0.25) is 10.0 Å². The quantitative estimate of drug-likeness (QED) is 0.197. The summed E-state index contributed by atoms with van der Waals surface area (Å²) >= 11 is 10.6. The van der Waals surface area contributed by atoms with Crippen molar-refractivity contribution in [2.24, 2.45) is 11.3 Å². The van der Waals surface area contributed by atoms with Gasteiger partial charge in [-0.3, -0.25) is 0 Å². The van der Waals surface area contributed by atoms with E-state index in [-0.39, 0.29) is 41.1 Å². The molecule has 262 valence electrons. The molecule has 6 rings (SSSR count). The Morgan fingerprint density at radius 2 is 1.08 bits per heavy atom. The molecule has 2 aliphatic carbocycles. The van der Waals surface area contributed by atoms with Crippen molar-refractivity contribution in [3.63, 3.8) is 0 Å². The van der Waals surface area contributed by atoms with Crippen LogP contribution in [0, 0.1) is 11.3 Å². The van der Waals surface area contributed by atoms with Gasteiger partial charge < -0.3 is 24.8 Å². The Labute approximate surface area is 331 Å². The summed E-state index contributed by atoms with van der Waals surface area (Å²) in [5, 5.41) is 1.54. The molecule has 5 heteroatoms. The van der Waals surface area contributed by atoms with Gasteiger partial charge in [0.05, 0.1) is 0 Å². The van der Waals surface area contributed by atoms with Gasteiger partial charge in [-0.15, -0.1) is 0 Å². The van der Waals surface area contributed by atoms with Gasteiger partial charge in [-0.1, -0.05) is 0 Å². The maximum Gasteiger partial charge on any atom is -1.00 e. The topological polar surface area (TPSA) is 0 Å². The molecule has 2 aliphatic rings. The third-order valence-electron chi connectivity index (χ3n) is 10.2. The first-order chi connectivity index (χ1) is 22.5. The summed E-state index contributed by atoms with van der Waals surface area (Å²) < 4.78 is 3.44. The smallest absolute Gasteiger partial charge is 1.00 e. The monoisotopic (exact) mass is 820 g/mol. The Kier molecular flexibility index (Phi) is 12.6. The van der Waals surface area contributed by atoms with E-state index in [1.54, 1.807) is 3.28 Å². The molecule has 1 atom stereocenters. The normalized spacial score (nSPS) is 15.5. The summed E-state index contributed by atoms with van der Waals surface area (Å²) in [5.74, 6) is 0.408. The zero-order valence-corrected chi connectivity index (χ0v) is 36.6. The Hall–Kier alpha value is -1.73. The molecular weight excluding hydrogens is 774 g/mol. The SMILES string of the molecule is CCC1C=C(C(C)(C)C)C=[C]1[Zr+2](=[C](c1cccc(Cl)c1)c1cccc(Cl)c1)[CH]1c2cc(C(C)(C)C)ccc2-c2ccc(C(C)(C)C)cc21.[Cl-].[Cl-]. The molecule has 0 fully saturated rings. The van der Waals surface area contributed by atoms with Crippen molar-refractivity contribution in [2.45, 2.75) is 90.1 Å². The number of allylic oxidation sites excluding steroid dienone is 4. The van der Waals surface area contributed by atoms with Gasteiger partial charge in [0.25, 0.3) is 0 Å². The fourth-order valence-electron chi connectivity index (χ4n) is 7.44. The van der Waals surface area contributed by atoms with Crippen LogP contribution in [0.15, 0.2) is 106 Å². The average Bonchev–Trinajstić information content (AvgIpc) is 3.58. The summed E-state index contributed by atoms with van der Waals surface area (Å²) in [6.45, 7) is 23.5. The molecule has 0 spiro atoms. The molecule has 0 aromatic heterocycles. The molecule has 0 radical (unpaired) electrons. The summed E-state index contributed by atoms with van der Waals surface area (Å²) in [4.78, 5) is 0. The Bertz CT molecular complexity index is 1880. The molecule has 0 N–H and O–H groups in total. The molecule has 0 bridgehead atoms. The van der Waals surface area contributed by atoms with Crippen molar-refractivity contribution >= 4 is 26.4 Å². The van der Waals surface area contributed by atoms with Gasteiger partial charge in [0.1, 0.15) is 0 Å². The minimum atomic E-state index is -3.06. The van der Waals surface area contributed by atoms with E-state index in [0.29, 0.717) is 9.54 Å². The van der Waals surface area contributed by atoms with Gasteiger partial charge in [0.15, 0.2) is 0 Å². The minimum absolute atomic E-state index is 0. The minimum Gasteiger partial charge on any atom is -1.00 e. The molecular formula is C45H50Cl4Zr. The average molecular weight is 824 g/mol. The van der Waals surface area contributed by atoms with Crippen molar-refractivity contribution in [2.75, 3.05) is 0 Å². The summed E-state index contributed by atoms with van der Waals surface area (Å²) in [7, 11) is 0. The van der Waals surface area contributed by atoms with E-state index in [1.165, 1.54) is 53.3 Å². The second-order valence-electron chi connectivity index (χ2n) is 16.8. The summed E-state index contributed by atoms with van der Waals surface area (Å²) in [6.07, 6.45) is 6.32. The van der Waals surface area contributed by atoms with E-state index in [4.69, 9.17) is 23.2 Å². The second-order valence-corrected chi connectivity index (χ2v) is 23.8. The Morgan fingerprint density at radius 1 is 0.620 bits per heavy atom. The molecule has 0 saturated carbocycles. The summed E-state index contributed by atoms with van der Waals surface area (Å²) in [5.41, 5.74) is 12.7. The van der Waals surface area contributed by atoms with Crippen LogP contribution in [0.25, 0.3) is 11.1 Å². The van der Waals surface area contributed by atoms with Crippen LogP contribution >= 0.6 is 23.2 Å². The fourth-order valence-corrected chi connectivity index (χ4v) is 17.5. The first kappa shape index (κ1) is 41.0. The first-order valence-corrected chi connectivity index (χ1v) is 22.1. The van der Waals surface area contributed by atoms with Crippen LogP contribution < -0.4 is 24.8 Å². The molecule has 4 aromatic carbocycles. The first-order valence-electron chi connectivity index (χ1n) is 17.5. The van der Waals surface area contributed by atoms with Crippen LogP contribution in [0.3, 0.4) is 0 Å². The number of halogens is 4. The maximum atomic E-state index is 6.83. The number of hydrogen-bond donors (Lipinski definition) is 0. The molecule has 0 heterocycles. The largest absolute Gasteiger partial charge is 1.00 e. The van der Waals surface area contributed by atoms with Crippen molar-refractivity contribution in [1.29, 1.82) is 0 Å². The number of hydrogen-bond acceptors (Lipinski definition) is 0. The Morgan fingerprint density at radius 3 is 1.46 bits per heavy atom. The zero-order chi connectivity index (χ0) is 34.8. The number of rotatable bonds is 5. The predicted octanol–water partition coefficient (Wildman–Crippen LogP) is 7.45. The van der Waals surface area contributed by atoms with Crippen LogP contribution in [0.4, 0.5) is 0 Å². The summed E-state index contributed by atoms with van der Waals surface area (Å²) in [6, 6.07) is 31.9. The maximum absolute atomic E-state index is 6.83. The number of fused-ring (bicyclic) bond motifs is 3.